The molecule has 0 aromatic rings. The van der Waals surface area contributed by atoms with E-state index < -0.39 is 0 Å². The van der Waals surface area contributed by atoms with Gasteiger partial charge in [-0.25, -0.2) is 0 Å². The normalized spacial score (nSPS) is 21.9. The highest BCUT2D eigenvalue weighted by molar-refractivity contribution is 5.72. The van der Waals surface area contributed by atoms with Gasteiger partial charge in [-0.3, -0.25) is 4.79 Å². The molecule has 0 spiro atoms. The van der Waals surface area contributed by atoms with Crippen LogP contribution in [0.5, 0.6) is 0 Å². The molecule has 0 unspecified atom stereocenters. The smallest absolute Gasteiger partial charge is 0.325 e. The van der Waals surface area contributed by atoms with E-state index in [-0.39, 0.29) is 5.97 Å². The number of hydrogen-bond acceptors (Lipinski definition) is 4. The lowest BCUT2D eigenvalue weighted by atomic mass is 9.86. The van der Waals surface area contributed by atoms with E-state index in [1.54, 1.807) is 0 Å². The van der Waals surface area contributed by atoms with Crippen LogP contribution in [0.2, 0.25) is 0 Å². The molecule has 0 saturated carbocycles. The second-order valence-electron chi connectivity index (χ2n) is 5.78. The van der Waals surface area contributed by atoms with Gasteiger partial charge in [0, 0.05) is 19.4 Å². The molecule has 1 heterocycles. The molecule has 110 valence electrons. The monoisotopic (exact) mass is 276 g/mol. The van der Waals surface area contributed by atoms with Crippen LogP contribution in [0.1, 0.15) is 26.2 Å². The van der Waals surface area contributed by atoms with Gasteiger partial charge in [0.25, 0.3) is 0 Å². The van der Waals surface area contributed by atoms with Gasteiger partial charge in [-0.05, 0) is 37.7 Å². The topological polar surface area (TPSA) is 32.8 Å². The summed E-state index contributed by atoms with van der Waals surface area (Å²) in [6.45, 7) is 7.61. The molecule has 0 aromatic heterocycles. The number of ether oxygens (including phenoxy) is 1. The third-order valence-electron chi connectivity index (χ3n) is 3.89. The number of esters is 1. The molecule has 2 rings (SSSR count). The molecular weight excluding hydrogens is 252 g/mol. The summed E-state index contributed by atoms with van der Waals surface area (Å²) in [4.78, 5) is 15.7. The zero-order valence-electron chi connectivity index (χ0n) is 12.5. The molecule has 0 radical (unpaired) electrons. The predicted molar refractivity (Wildman–Crippen MR) is 79.7 cm³/mol. The van der Waals surface area contributed by atoms with Crippen molar-refractivity contribution in [1.29, 1.82) is 0 Å². The third kappa shape index (κ3) is 4.15. The molecule has 1 aliphatic carbocycles. The van der Waals surface area contributed by atoms with E-state index in [9.17, 15) is 4.79 Å². The summed E-state index contributed by atoms with van der Waals surface area (Å²) >= 11 is 0. The molecule has 1 atom stereocenters. The lowest BCUT2D eigenvalue weighted by molar-refractivity contribution is -0.143. The Morgan fingerprint density at radius 3 is 2.85 bits per heavy atom. The Morgan fingerprint density at radius 1 is 1.50 bits per heavy atom. The third-order valence-corrected chi connectivity index (χ3v) is 3.89. The van der Waals surface area contributed by atoms with Crippen molar-refractivity contribution < 1.29 is 9.53 Å². The number of allylic oxidation sites excluding steroid dienone is 2. The molecular formula is C16H24N2O2. The zero-order valence-corrected chi connectivity index (χ0v) is 12.5. The fraction of sp³-hybridized carbons (Fsp3) is 0.562. The van der Waals surface area contributed by atoms with Crippen LogP contribution >= 0.6 is 0 Å². The van der Waals surface area contributed by atoms with Gasteiger partial charge in [0.15, 0.2) is 0 Å². The molecule has 0 aromatic carbocycles. The quantitative estimate of drug-likeness (QED) is 0.570. The lowest BCUT2D eigenvalue weighted by Crippen LogP contribution is -2.29. The van der Waals surface area contributed by atoms with E-state index in [1.807, 2.05) is 29.2 Å². The molecule has 1 aliphatic heterocycles. The number of carbonyl (C=O) groups excluding carboxylic acids is 1. The minimum Gasteiger partial charge on any atom is -0.460 e. The summed E-state index contributed by atoms with van der Waals surface area (Å²) in [5.41, 5.74) is 2.49. The van der Waals surface area contributed by atoms with Crippen LogP contribution in [0, 0.1) is 5.92 Å². The van der Waals surface area contributed by atoms with Crippen molar-refractivity contribution in [2.45, 2.75) is 26.2 Å². The molecule has 0 N–H and O–H groups in total. The van der Waals surface area contributed by atoms with Crippen LogP contribution in [-0.4, -0.2) is 42.6 Å². The van der Waals surface area contributed by atoms with E-state index in [2.05, 4.69) is 19.6 Å². The van der Waals surface area contributed by atoms with Crippen molar-refractivity contribution in [3.63, 3.8) is 0 Å². The number of carbonyl (C=O) groups is 1. The Bertz CT molecular complexity index is 440. The average Bonchev–Trinajstić information content (AvgIpc) is 2.82. The van der Waals surface area contributed by atoms with Gasteiger partial charge in [-0.1, -0.05) is 18.2 Å². The van der Waals surface area contributed by atoms with Gasteiger partial charge in [0.1, 0.15) is 13.2 Å². The number of rotatable bonds is 5. The molecule has 0 saturated heterocycles. The van der Waals surface area contributed by atoms with E-state index in [0.717, 1.165) is 25.9 Å². The molecule has 20 heavy (non-hydrogen) atoms. The Hall–Kier alpha value is -1.71. The standard InChI is InChI=1S/C16H24N2O2/c1-13(2)15-6-4-14(5-7-15)11-20-16(19)10-18-9-8-17(3)12-18/h4,8-9,15H,1,5-7,10-12H2,2-3H3/t15-/m1/s1. The van der Waals surface area contributed by atoms with Gasteiger partial charge in [0.05, 0.1) is 6.67 Å². The summed E-state index contributed by atoms with van der Waals surface area (Å²) in [6.07, 6.45) is 9.24. The zero-order chi connectivity index (χ0) is 14.5. The summed E-state index contributed by atoms with van der Waals surface area (Å²) < 4.78 is 5.35. The van der Waals surface area contributed by atoms with Gasteiger partial charge in [-0.2, -0.15) is 0 Å². The SMILES string of the molecule is C=C(C)[C@@H]1CC=C(COC(=O)CN2C=CN(C)C2)CC1. The van der Waals surface area contributed by atoms with Crippen molar-refractivity contribution in [1.82, 2.24) is 9.80 Å². The number of hydrogen-bond donors (Lipinski definition) is 0. The highest BCUT2D eigenvalue weighted by Crippen LogP contribution is 2.28. The molecule has 0 amide bonds. The van der Waals surface area contributed by atoms with Crippen LogP contribution in [0.4, 0.5) is 0 Å². The first-order valence-electron chi connectivity index (χ1n) is 7.16. The van der Waals surface area contributed by atoms with E-state index in [0.29, 0.717) is 19.1 Å². The van der Waals surface area contributed by atoms with Crippen molar-refractivity contribution in [3.8, 4) is 0 Å². The fourth-order valence-corrected chi connectivity index (χ4v) is 2.54. The Kier molecular flexibility index (Phi) is 4.88. The van der Waals surface area contributed by atoms with E-state index in [1.165, 1.54) is 11.1 Å². The molecule has 4 heteroatoms. The van der Waals surface area contributed by atoms with Crippen molar-refractivity contribution in [2.75, 3.05) is 26.9 Å². The highest BCUT2D eigenvalue weighted by Gasteiger charge is 2.17. The minimum atomic E-state index is -0.159. The van der Waals surface area contributed by atoms with Gasteiger partial charge >= 0.3 is 5.97 Å². The molecule has 0 fully saturated rings. The van der Waals surface area contributed by atoms with Crippen LogP contribution in [0.3, 0.4) is 0 Å². The fourth-order valence-electron chi connectivity index (χ4n) is 2.54. The van der Waals surface area contributed by atoms with Crippen LogP contribution in [0.15, 0.2) is 36.2 Å². The van der Waals surface area contributed by atoms with Gasteiger partial charge < -0.3 is 14.5 Å². The summed E-state index contributed by atoms with van der Waals surface area (Å²) in [7, 11) is 1.98. The van der Waals surface area contributed by atoms with Crippen molar-refractivity contribution in [3.05, 3.63) is 36.2 Å². The summed E-state index contributed by atoms with van der Waals surface area (Å²) in [6, 6.07) is 0. The first-order valence-corrected chi connectivity index (χ1v) is 7.16. The minimum absolute atomic E-state index is 0.159. The van der Waals surface area contributed by atoms with E-state index in [4.69, 9.17) is 4.74 Å². The first-order chi connectivity index (χ1) is 9.54. The van der Waals surface area contributed by atoms with E-state index >= 15 is 0 Å². The lowest BCUT2D eigenvalue weighted by Gasteiger charge is -2.22. The maximum absolute atomic E-state index is 11.8. The Balaban J connectivity index is 1.69. The molecule has 0 bridgehead atoms. The van der Waals surface area contributed by atoms with Crippen molar-refractivity contribution in [2.24, 2.45) is 5.92 Å². The molecule has 2 aliphatic rings. The highest BCUT2D eigenvalue weighted by atomic mass is 16.5. The second-order valence-corrected chi connectivity index (χ2v) is 5.78. The average molecular weight is 276 g/mol. The largest absolute Gasteiger partial charge is 0.460 e. The van der Waals surface area contributed by atoms with Gasteiger partial charge in [0.2, 0.25) is 0 Å². The maximum atomic E-state index is 11.8. The Morgan fingerprint density at radius 2 is 2.30 bits per heavy atom. The van der Waals surface area contributed by atoms with Crippen LogP contribution in [0.25, 0.3) is 0 Å². The summed E-state index contributed by atoms with van der Waals surface area (Å²) in [5.74, 6) is 0.438. The molecule has 4 nitrogen and oxygen atoms in total. The van der Waals surface area contributed by atoms with Crippen LogP contribution < -0.4 is 0 Å². The number of nitrogens with zero attached hydrogens (tertiary/aromatic N) is 2. The maximum Gasteiger partial charge on any atom is 0.325 e. The summed E-state index contributed by atoms with van der Waals surface area (Å²) in [5, 5.41) is 0. The van der Waals surface area contributed by atoms with Gasteiger partial charge in [-0.15, -0.1) is 0 Å². The first kappa shape index (κ1) is 14.7. The van der Waals surface area contributed by atoms with Crippen molar-refractivity contribution >= 4 is 5.97 Å². The Labute approximate surface area is 121 Å². The predicted octanol–water partition coefficient (Wildman–Crippen LogP) is 2.51. The van der Waals surface area contributed by atoms with Crippen LogP contribution in [-0.2, 0) is 9.53 Å². The second kappa shape index (κ2) is 6.64.